The second-order valence-electron chi connectivity index (χ2n) is 4.94. The molecule has 94 valence electrons. The summed E-state index contributed by atoms with van der Waals surface area (Å²) in [4.78, 5) is 11.8. The minimum atomic E-state index is 0.148. The Hall–Kier alpha value is -1.16. The minimum Gasteiger partial charge on any atom is -0.378 e. The Morgan fingerprint density at radius 2 is 2.47 bits per heavy atom. The van der Waals surface area contributed by atoms with Crippen LogP contribution in [0.5, 0.6) is 0 Å². The second kappa shape index (κ2) is 5.45. The highest BCUT2D eigenvalue weighted by Crippen LogP contribution is 2.16. The quantitative estimate of drug-likeness (QED) is 0.786. The predicted molar refractivity (Wildman–Crippen MR) is 64.9 cm³/mol. The van der Waals surface area contributed by atoms with Crippen molar-refractivity contribution >= 4 is 5.78 Å². The van der Waals surface area contributed by atoms with Crippen molar-refractivity contribution in [2.45, 2.75) is 51.7 Å². The normalized spacial score (nSPS) is 20.1. The first-order valence-electron chi connectivity index (χ1n) is 6.32. The zero-order valence-corrected chi connectivity index (χ0v) is 10.6. The minimum absolute atomic E-state index is 0.148. The molecule has 4 nitrogen and oxygen atoms in total. The Labute approximate surface area is 102 Å². The van der Waals surface area contributed by atoms with Gasteiger partial charge in [0.25, 0.3) is 0 Å². The lowest BCUT2D eigenvalue weighted by molar-refractivity contribution is -0.120. The fourth-order valence-corrected chi connectivity index (χ4v) is 2.09. The van der Waals surface area contributed by atoms with Crippen LogP contribution in [0, 0.1) is 0 Å². The van der Waals surface area contributed by atoms with E-state index >= 15 is 0 Å². The summed E-state index contributed by atoms with van der Waals surface area (Å²) >= 11 is 0. The lowest BCUT2D eigenvalue weighted by atomic mass is 10.1. The van der Waals surface area contributed by atoms with Gasteiger partial charge in [-0.2, -0.15) is 5.10 Å². The van der Waals surface area contributed by atoms with Gasteiger partial charge in [0.15, 0.2) is 0 Å². The third kappa shape index (κ3) is 3.40. The molecule has 1 aromatic rings. The van der Waals surface area contributed by atoms with Crippen molar-refractivity contribution in [2.75, 3.05) is 6.61 Å². The van der Waals surface area contributed by atoms with Gasteiger partial charge in [0.05, 0.1) is 18.2 Å². The highest BCUT2D eigenvalue weighted by molar-refractivity contribution is 5.80. The number of rotatable bonds is 5. The van der Waals surface area contributed by atoms with Gasteiger partial charge in [-0.15, -0.1) is 0 Å². The maximum Gasteiger partial charge on any atom is 0.141 e. The molecule has 0 radical (unpaired) electrons. The van der Waals surface area contributed by atoms with Gasteiger partial charge in [0, 0.05) is 25.3 Å². The van der Waals surface area contributed by atoms with Crippen LogP contribution in [0.15, 0.2) is 12.3 Å². The first kappa shape index (κ1) is 12.3. The molecule has 1 fully saturated rings. The van der Waals surface area contributed by atoms with E-state index in [1.807, 2.05) is 16.9 Å². The first-order valence-corrected chi connectivity index (χ1v) is 6.32. The van der Waals surface area contributed by atoms with Crippen molar-refractivity contribution in [1.29, 1.82) is 0 Å². The van der Waals surface area contributed by atoms with Crippen molar-refractivity contribution in [1.82, 2.24) is 9.78 Å². The number of hydrogen-bond donors (Lipinski definition) is 0. The maximum atomic E-state index is 11.8. The van der Waals surface area contributed by atoms with E-state index in [0.29, 0.717) is 18.9 Å². The Balaban J connectivity index is 1.84. The van der Waals surface area contributed by atoms with Gasteiger partial charge in [-0.1, -0.05) is 0 Å². The van der Waals surface area contributed by atoms with E-state index in [0.717, 1.165) is 25.1 Å². The van der Waals surface area contributed by atoms with Crippen LogP contribution in [0.3, 0.4) is 0 Å². The van der Waals surface area contributed by atoms with E-state index in [9.17, 15) is 4.79 Å². The summed E-state index contributed by atoms with van der Waals surface area (Å²) in [6, 6.07) is 2.27. The molecule has 0 N–H and O–H groups in total. The summed E-state index contributed by atoms with van der Waals surface area (Å²) in [5, 5.41) is 4.38. The molecule has 0 saturated carbocycles. The molecule has 1 unspecified atom stereocenters. The fraction of sp³-hybridized carbons (Fsp3) is 0.692. The Bertz CT molecular complexity index is 379. The van der Waals surface area contributed by atoms with E-state index < -0.39 is 0 Å². The summed E-state index contributed by atoms with van der Waals surface area (Å²) in [5.74, 6) is 0.228. The average Bonchev–Trinajstić information content (AvgIpc) is 2.88. The number of hydrogen-bond acceptors (Lipinski definition) is 3. The summed E-state index contributed by atoms with van der Waals surface area (Å²) < 4.78 is 7.34. The summed E-state index contributed by atoms with van der Waals surface area (Å²) in [6.07, 6.45) is 5.15. The predicted octanol–water partition coefficient (Wildman–Crippen LogP) is 2.14. The summed E-state index contributed by atoms with van der Waals surface area (Å²) in [5.41, 5.74) is 0.863. The Kier molecular flexibility index (Phi) is 3.94. The van der Waals surface area contributed by atoms with E-state index in [4.69, 9.17) is 4.74 Å². The maximum absolute atomic E-state index is 11.8. The molecule has 0 aliphatic carbocycles. The highest BCUT2D eigenvalue weighted by atomic mass is 16.5. The van der Waals surface area contributed by atoms with E-state index in [1.165, 1.54) is 0 Å². The van der Waals surface area contributed by atoms with Crippen LogP contribution >= 0.6 is 0 Å². The van der Waals surface area contributed by atoms with Gasteiger partial charge >= 0.3 is 0 Å². The summed E-state index contributed by atoms with van der Waals surface area (Å²) in [6.45, 7) is 4.95. The van der Waals surface area contributed by atoms with E-state index in [-0.39, 0.29) is 11.9 Å². The fourth-order valence-electron chi connectivity index (χ4n) is 2.09. The number of carbonyl (C=O) groups excluding carboxylic acids is 1. The SMILES string of the molecule is CC(C)n1ccc(CC(=O)CC2CCCO2)n1. The van der Waals surface area contributed by atoms with Crippen LogP contribution in [-0.2, 0) is 16.0 Å². The van der Waals surface area contributed by atoms with Crippen molar-refractivity contribution in [3.05, 3.63) is 18.0 Å². The van der Waals surface area contributed by atoms with Gasteiger partial charge in [-0.05, 0) is 32.8 Å². The van der Waals surface area contributed by atoms with Gasteiger partial charge in [0.2, 0.25) is 0 Å². The van der Waals surface area contributed by atoms with Crippen LogP contribution < -0.4 is 0 Å². The molecular weight excluding hydrogens is 216 g/mol. The highest BCUT2D eigenvalue weighted by Gasteiger charge is 2.19. The molecule has 0 spiro atoms. The third-order valence-electron chi connectivity index (χ3n) is 3.05. The molecule has 0 bridgehead atoms. The number of aromatic nitrogens is 2. The molecule has 1 atom stereocenters. The first-order chi connectivity index (χ1) is 8.15. The van der Waals surface area contributed by atoms with Gasteiger partial charge < -0.3 is 4.74 Å². The van der Waals surface area contributed by atoms with Gasteiger partial charge in [0.1, 0.15) is 5.78 Å². The number of ketones is 1. The van der Waals surface area contributed by atoms with Crippen LogP contribution in [0.4, 0.5) is 0 Å². The molecule has 0 aromatic carbocycles. The number of carbonyl (C=O) groups is 1. The number of ether oxygens (including phenoxy) is 1. The third-order valence-corrected chi connectivity index (χ3v) is 3.05. The van der Waals surface area contributed by atoms with Crippen molar-refractivity contribution in [3.63, 3.8) is 0 Å². The van der Waals surface area contributed by atoms with E-state index in [1.54, 1.807) is 0 Å². The molecule has 1 saturated heterocycles. The van der Waals surface area contributed by atoms with Gasteiger partial charge in [-0.25, -0.2) is 0 Å². The van der Waals surface area contributed by atoms with Crippen LogP contribution in [-0.4, -0.2) is 28.3 Å². The smallest absolute Gasteiger partial charge is 0.141 e. The van der Waals surface area contributed by atoms with Crippen LogP contribution in [0.2, 0.25) is 0 Å². The molecule has 1 aliphatic rings. The van der Waals surface area contributed by atoms with Gasteiger partial charge in [-0.3, -0.25) is 9.48 Å². The molecule has 2 heterocycles. The Morgan fingerprint density at radius 3 is 3.06 bits per heavy atom. The molecule has 2 rings (SSSR count). The van der Waals surface area contributed by atoms with Crippen molar-refractivity contribution in [3.8, 4) is 0 Å². The molecule has 1 aromatic heterocycles. The zero-order valence-electron chi connectivity index (χ0n) is 10.6. The standard InChI is InChI=1S/C13H20N2O2/c1-10(2)15-6-5-11(14-15)8-12(16)9-13-4-3-7-17-13/h5-6,10,13H,3-4,7-9H2,1-2H3. The lowest BCUT2D eigenvalue weighted by Crippen LogP contribution is -2.14. The number of Topliss-reactive ketones (excluding diaryl/α,β-unsaturated/α-hetero) is 1. The monoisotopic (exact) mass is 236 g/mol. The topological polar surface area (TPSA) is 44.1 Å². The molecule has 17 heavy (non-hydrogen) atoms. The van der Waals surface area contributed by atoms with Crippen LogP contribution in [0.1, 0.15) is 44.8 Å². The second-order valence-corrected chi connectivity index (χ2v) is 4.94. The zero-order chi connectivity index (χ0) is 12.3. The molecule has 1 aliphatic heterocycles. The molecular formula is C13H20N2O2. The van der Waals surface area contributed by atoms with Crippen molar-refractivity contribution < 1.29 is 9.53 Å². The largest absolute Gasteiger partial charge is 0.378 e. The lowest BCUT2D eigenvalue weighted by Gasteiger charge is -2.07. The molecule has 4 heteroatoms. The van der Waals surface area contributed by atoms with Crippen molar-refractivity contribution in [2.24, 2.45) is 0 Å². The van der Waals surface area contributed by atoms with Crippen LogP contribution in [0.25, 0.3) is 0 Å². The number of nitrogens with zero attached hydrogens (tertiary/aromatic N) is 2. The van der Waals surface area contributed by atoms with E-state index in [2.05, 4.69) is 18.9 Å². The Morgan fingerprint density at radius 1 is 1.65 bits per heavy atom. The average molecular weight is 236 g/mol. The molecule has 0 amide bonds. The summed E-state index contributed by atoms with van der Waals surface area (Å²) in [7, 11) is 0.